The summed E-state index contributed by atoms with van der Waals surface area (Å²) in [6.45, 7) is 1.78. The van der Waals surface area contributed by atoms with E-state index in [4.69, 9.17) is 10.5 Å². The van der Waals surface area contributed by atoms with Crippen molar-refractivity contribution in [3.8, 4) is 5.75 Å². The van der Waals surface area contributed by atoms with E-state index < -0.39 is 23.9 Å². The highest BCUT2D eigenvalue weighted by atomic mass is 19.1. The molecule has 1 atom stereocenters. The molecule has 1 rings (SSSR count). The van der Waals surface area contributed by atoms with Crippen molar-refractivity contribution >= 4 is 11.9 Å². The smallest absolute Gasteiger partial charge is 0.318 e. The van der Waals surface area contributed by atoms with Crippen LogP contribution in [-0.4, -0.2) is 25.1 Å². The summed E-state index contributed by atoms with van der Waals surface area (Å²) in [7, 11) is 1.71. The van der Waals surface area contributed by atoms with E-state index in [1.165, 1.54) is 13.0 Å². The maximum atomic E-state index is 13.7. The van der Waals surface area contributed by atoms with Gasteiger partial charge in [0, 0.05) is 12.1 Å². The van der Waals surface area contributed by atoms with Gasteiger partial charge in [0.1, 0.15) is 0 Å². The van der Waals surface area contributed by atoms with Crippen LogP contribution < -0.4 is 21.1 Å². The first kappa shape index (κ1) is 14.9. The fourth-order valence-electron chi connectivity index (χ4n) is 1.47. The fourth-order valence-corrected chi connectivity index (χ4v) is 1.47. The second-order valence-electron chi connectivity index (χ2n) is 3.87. The Kier molecular flexibility index (Phi) is 5.25. The van der Waals surface area contributed by atoms with Crippen molar-refractivity contribution in [3.63, 3.8) is 0 Å². The molecule has 0 aliphatic carbocycles. The lowest BCUT2D eigenvalue weighted by Gasteiger charge is -2.17. The van der Waals surface area contributed by atoms with Crippen molar-refractivity contribution in [1.29, 1.82) is 0 Å². The standard InChI is InChI=1S/C12H16FN3O3/c1-7(11(17)16-12(14)18)19-10-8(6-15-2)4-3-5-9(10)13/h3-5,7,15H,6H2,1-2H3,(H3,14,16,17,18). The predicted molar refractivity (Wildman–Crippen MR) is 67.0 cm³/mol. The van der Waals surface area contributed by atoms with Gasteiger partial charge in [0.25, 0.3) is 5.91 Å². The zero-order valence-corrected chi connectivity index (χ0v) is 10.7. The van der Waals surface area contributed by atoms with Crippen LogP contribution in [0.3, 0.4) is 0 Å². The average Bonchev–Trinajstić information content (AvgIpc) is 2.32. The van der Waals surface area contributed by atoms with Crippen LogP contribution in [0, 0.1) is 5.82 Å². The number of carbonyl (C=O) groups is 2. The summed E-state index contributed by atoms with van der Waals surface area (Å²) in [5.74, 6) is -1.33. The minimum absolute atomic E-state index is 0.0241. The summed E-state index contributed by atoms with van der Waals surface area (Å²) in [4.78, 5) is 22.0. The van der Waals surface area contributed by atoms with Crippen LogP contribution >= 0.6 is 0 Å². The van der Waals surface area contributed by atoms with E-state index in [-0.39, 0.29) is 5.75 Å². The van der Waals surface area contributed by atoms with Crippen LogP contribution in [0.25, 0.3) is 0 Å². The van der Waals surface area contributed by atoms with Crippen LogP contribution in [0.2, 0.25) is 0 Å². The number of nitrogens with two attached hydrogens (primary N) is 1. The van der Waals surface area contributed by atoms with Crippen molar-refractivity contribution in [3.05, 3.63) is 29.6 Å². The highest BCUT2D eigenvalue weighted by Crippen LogP contribution is 2.23. The SMILES string of the molecule is CNCc1cccc(F)c1OC(C)C(=O)NC(N)=O. The van der Waals surface area contributed by atoms with Gasteiger partial charge in [-0.1, -0.05) is 12.1 Å². The van der Waals surface area contributed by atoms with Gasteiger partial charge < -0.3 is 15.8 Å². The molecule has 0 saturated carbocycles. The van der Waals surface area contributed by atoms with E-state index in [1.807, 2.05) is 5.32 Å². The van der Waals surface area contributed by atoms with Crippen molar-refractivity contribution in [2.24, 2.45) is 5.73 Å². The number of carbonyl (C=O) groups excluding carboxylic acids is 2. The molecule has 6 nitrogen and oxygen atoms in total. The van der Waals surface area contributed by atoms with Gasteiger partial charge in [-0.2, -0.15) is 0 Å². The Labute approximate surface area is 110 Å². The summed E-state index contributed by atoms with van der Waals surface area (Å²) in [6, 6.07) is 3.47. The monoisotopic (exact) mass is 269 g/mol. The topological polar surface area (TPSA) is 93.4 Å². The second-order valence-corrected chi connectivity index (χ2v) is 3.87. The first-order valence-corrected chi connectivity index (χ1v) is 5.64. The average molecular weight is 269 g/mol. The fraction of sp³-hybridized carbons (Fsp3) is 0.333. The summed E-state index contributed by atoms with van der Waals surface area (Å²) in [5, 5.41) is 4.74. The van der Waals surface area contributed by atoms with E-state index >= 15 is 0 Å². The number of imide groups is 1. The Morgan fingerprint density at radius 1 is 1.47 bits per heavy atom. The van der Waals surface area contributed by atoms with Crippen LogP contribution in [0.4, 0.5) is 9.18 Å². The van der Waals surface area contributed by atoms with Gasteiger partial charge in [-0.25, -0.2) is 9.18 Å². The molecule has 19 heavy (non-hydrogen) atoms. The predicted octanol–water partition coefficient (Wildman–Crippen LogP) is 0.507. The first-order chi connectivity index (χ1) is 8.95. The van der Waals surface area contributed by atoms with Crippen LogP contribution in [0.5, 0.6) is 5.75 Å². The van der Waals surface area contributed by atoms with E-state index in [1.54, 1.807) is 19.2 Å². The maximum absolute atomic E-state index is 13.7. The molecule has 3 amide bonds. The van der Waals surface area contributed by atoms with Gasteiger partial charge in [0.15, 0.2) is 17.7 Å². The molecule has 0 aromatic heterocycles. The highest BCUT2D eigenvalue weighted by Gasteiger charge is 2.19. The summed E-state index contributed by atoms with van der Waals surface area (Å²) < 4.78 is 18.9. The molecule has 0 spiro atoms. The van der Waals surface area contributed by atoms with Crippen molar-refractivity contribution < 1.29 is 18.7 Å². The van der Waals surface area contributed by atoms with E-state index in [0.29, 0.717) is 12.1 Å². The molecule has 0 saturated heterocycles. The lowest BCUT2D eigenvalue weighted by Crippen LogP contribution is -2.42. The molecular weight excluding hydrogens is 253 g/mol. The third-order valence-electron chi connectivity index (χ3n) is 2.33. The third kappa shape index (κ3) is 4.22. The van der Waals surface area contributed by atoms with E-state index in [9.17, 15) is 14.0 Å². The number of hydrogen-bond donors (Lipinski definition) is 3. The van der Waals surface area contributed by atoms with Crippen LogP contribution in [0.15, 0.2) is 18.2 Å². The van der Waals surface area contributed by atoms with Gasteiger partial charge in [-0.3, -0.25) is 10.1 Å². The number of amides is 3. The minimum atomic E-state index is -1.04. The number of rotatable bonds is 5. The third-order valence-corrected chi connectivity index (χ3v) is 2.33. The second kappa shape index (κ2) is 6.69. The normalized spacial score (nSPS) is 11.7. The lowest BCUT2D eigenvalue weighted by atomic mass is 10.2. The van der Waals surface area contributed by atoms with Crippen LogP contribution in [0.1, 0.15) is 12.5 Å². The Bertz CT molecular complexity index is 479. The number of benzene rings is 1. The van der Waals surface area contributed by atoms with E-state index in [2.05, 4.69) is 5.32 Å². The van der Waals surface area contributed by atoms with Crippen molar-refractivity contribution in [2.45, 2.75) is 19.6 Å². The van der Waals surface area contributed by atoms with E-state index in [0.717, 1.165) is 0 Å². The summed E-state index contributed by atoms with van der Waals surface area (Å²) in [5.41, 5.74) is 5.39. The molecule has 0 aliphatic heterocycles. The molecule has 0 heterocycles. The quantitative estimate of drug-likeness (QED) is 0.726. The molecule has 0 radical (unpaired) electrons. The summed E-state index contributed by atoms with van der Waals surface area (Å²) >= 11 is 0. The molecule has 7 heteroatoms. The number of primary amides is 1. The Hall–Kier alpha value is -2.15. The molecule has 0 fully saturated rings. The molecule has 0 bridgehead atoms. The minimum Gasteiger partial charge on any atom is -0.477 e. The largest absolute Gasteiger partial charge is 0.477 e. The number of ether oxygens (including phenoxy) is 1. The van der Waals surface area contributed by atoms with Gasteiger partial charge in [-0.15, -0.1) is 0 Å². The van der Waals surface area contributed by atoms with Gasteiger partial charge in [-0.05, 0) is 20.0 Å². The number of hydrogen-bond acceptors (Lipinski definition) is 4. The Balaban J connectivity index is 2.86. The number of nitrogens with one attached hydrogen (secondary N) is 2. The van der Waals surface area contributed by atoms with Gasteiger partial charge in [0.2, 0.25) is 0 Å². The molecule has 1 aromatic rings. The van der Waals surface area contributed by atoms with Gasteiger partial charge >= 0.3 is 6.03 Å². The Morgan fingerprint density at radius 3 is 2.74 bits per heavy atom. The molecule has 4 N–H and O–H groups in total. The first-order valence-electron chi connectivity index (χ1n) is 5.64. The number of para-hydroxylation sites is 1. The summed E-state index contributed by atoms with van der Waals surface area (Å²) in [6.07, 6.45) is -1.04. The van der Waals surface area contributed by atoms with Crippen molar-refractivity contribution in [1.82, 2.24) is 10.6 Å². The molecule has 0 aliphatic rings. The number of halogens is 1. The van der Waals surface area contributed by atoms with Gasteiger partial charge in [0.05, 0.1) is 0 Å². The molecule has 1 aromatic carbocycles. The molecule has 1 unspecified atom stereocenters. The van der Waals surface area contributed by atoms with Crippen molar-refractivity contribution in [2.75, 3.05) is 7.05 Å². The number of urea groups is 1. The molecular formula is C12H16FN3O3. The lowest BCUT2D eigenvalue weighted by molar-refractivity contribution is -0.126. The zero-order chi connectivity index (χ0) is 14.4. The zero-order valence-electron chi connectivity index (χ0n) is 10.7. The van der Waals surface area contributed by atoms with Crippen LogP contribution in [-0.2, 0) is 11.3 Å². The Morgan fingerprint density at radius 2 is 2.16 bits per heavy atom. The molecule has 104 valence electrons. The maximum Gasteiger partial charge on any atom is 0.318 e. The highest BCUT2D eigenvalue weighted by molar-refractivity contribution is 5.95.